The standard InChI is InChI=1S/C19H22F4N2O3/c1-3-25(4-2)9-5-8-24-19(26)15-7-6-12(28-15)11-27-18-16(22)13(20)10-14(21)17(18)23/h6-7,10H,3-5,8-9,11H2,1-2H3,(H,24,26). The molecule has 1 aromatic heterocycles. The summed E-state index contributed by atoms with van der Waals surface area (Å²) in [4.78, 5) is 14.3. The highest BCUT2D eigenvalue weighted by molar-refractivity contribution is 5.91. The average molecular weight is 402 g/mol. The van der Waals surface area contributed by atoms with Gasteiger partial charge < -0.3 is 19.4 Å². The van der Waals surface area contributed by atoms with E-state index >= 15 is 0 Å². The van der Waals surface area contributed by atoms with Crippen molar-refractivity contribution >= 4 is 5.91 Å². The van der Waals surface area contributed by atoms with Gasteiger partial charge in [-0.25, -0.2) is 8.78 Å². The lowest BCUT2D eigenvalue weighted by Crippen LogP contribution is -2.29. The van der Waals surface area contributed by atoms with Crippen LogP contribution in [0.25, 0.3) is 0 Å². The molecule has 28 heavy (non-hydrogen) atoms. The van der Waals surface area contributed by atoms with Crippen LogP contribution in [0, 0.1) is 23.3 Å². The van der Waals surface area contributed by atoms with Crippen LogP contribution in [-0.2, 0) is 6.61 Å². The molecule has 1 amide bonds. The van der Waals surface area contributed by atoms with Crippen molar-refractivity contribution in [1.29, 1.82) is 0 Å². The second-order valence-corrected chi connectivity index (χ2v) is 5.99. The van der Waals surface area contributed by atoms with Gasteiger partial charge in [-0.2, -0.15) is 8.78 Å². The lowest BCUT2D eigenvalue weighted by molar-refractivity contribution is 0.0919. The zero-order chi connectivity index (χ0) is 20.7. The van der Waals surface area contributed by atoms with Gasteiger partial charge in [-0.1, -0.05) is 13.8 Å². The molecule has 9 heteroatoms. The van der Waals surface area contributed by atoms with Crippen molar-refractivity contribution in [2.24, 2.45) is 0 Å². The van der Waals surface area contributed by atoms with Gasteiger partial charge in [0.25, 0.3) is 5.91 Å². The second-order valence-electron chi connectivity index (χ2n) is 5.99. The minimum Gasteiger partial charge on any atom is -0.479 e. The maximum atomic E-state index is 13.6. The van der Waals surface area contributed by atoms with Crippen molar-refractivity contribution in [3.05, 3.63) is 53.0 Å². The number of ether oxygens (including phenoxy) is 1. The molecular formula is C19H22F4N2O3. The molecule has 0 bridgehead atoms. The number of carbonyl (C=O) groups excluding carboxylic acids is 1. The van der Waals surface area contributed by atoms with E-state index in [1.165, 1.54) is 12.1 Å². The summed E-state index contributed by atoms with van der Waals surface area (Å²) in [5.41, 5.74) is 0. The van der Waals surface area contributed by atoms with Crippen LogP contribution in [-0.4, -0.2) is 37.0 Å². The molecule has 1 heterocycles. The number of carbonyl (C=O) groups is 1. The van der Waals surface area contributed by atoms with Crippen LogP contribution in [0.3, 0.4) is 0 Å². The van der Waals surface area contributed by atoms with Crippen molar-refractivity contribution < 1.29 is 31.5 Å². The van der Waals surface area contributed by atoms with E-state index in [1.54, 1.807) is 0 Å². The van der Waals surface area contributed by atoms with Crippen LogP contribution >= 0.6 is 0 Å². The molecule has 0 saturated carbocycles. The van der Waals surface area contributed by atoms with E-state index in [9.17, 15) is 22.4 Å². The van der Waals surface area contributed by atoms with E-state index in [4.69, 9.17) is 9.15 Å². The molecule has 0 aliphatic heterocycles. The monoisotopic (exact) mass is 402 g/mol. The number of furan rings is 1. The van der Waals surface area contributed by atoms with Crippen molar-refractivity contribution in [3.8, 4) is 5.75 Å². The molecule has 2 aromatic rings. The second kappa shape index (κ2) is 10.1. The van der Waals surface area contributed by atoms with E-state index in [-0.39, 0.29) is 17.6 Å². The topological polar surface area (TPSA) is 54.7 Å². The summed E-state index contributed by atoms with van der Waals surface area (Å²) >= 11 is 0. The largest absolute Gasteiger partial charge is 0.479 e. The first-order valence-electron chi connectivity index (χ1n) is 8.92. The van der Waals surface area contributed by atoms with Crippen molar-refractivity contribution in [2.75, 3.05) is 26.2 Å². The predicted octanol–water partition coefficient (Wildman–Crippen LogP) is 3.88. The van der Waals surface area contributed by atoms with Gasteiger partial charge in [0, 0.05) is 12.6 Å². The molecule has 1 N–H and O–H groups in total. The van der Waals surface area contributed by atoms with E-state index < -0.39 is 41.5 Å². The quantitative estimate of drug-likeness (QED) is 0.372. The number of nitrogens with one attached hydrogen (secondary N) is 1. The van der Waals surface area contributed by atoms with Gasteiger partial charge in [0.1, 0.15) is 12.4 Å². The molecule has 1 aromatic carbocycles. The summed E-state index contributed by atoms with van der Waals surface area (Å²) in [5.74, 6) is -8.00. The normalized spacial score (nSPS) is 11.1. The van der Waals surface area contributed by atoms with Crippen LogP contribution in [0.15, 0.2) is 22.6 Å². The maximum absolute atomic E-state index is 13.6. The summed E-state index contributed by atoms with van der Waals surface area (Å²) in [6, 6.07) is 2.83. The van der Waals surface area contributed by atoms with Crippen LogP contribution in [0.2, 0.25) is 0 Å². The van der Waals surface area contributed by atoms with Crippen LogP contribution in [0.5, 0.6) is 5.75 Å². The molecule has 0 saturated heterocycles. The van der Waals surface area contributed by atoms with Gasteiger partial charge in [-0.15, -0.1) is 0 Å². The highest BCUT2D eigenvalue weighted by Gasteiger charge is 2.21. The zero-order valence-corrected chi connectivity index (χ0v) is 15.7. The molecule has 2 rings (SSSR count). The zero-order valence-electron chi connectivity index (χ0n) is 15.7. The van der Waals surface area contributed by atoms with Gasteiger partial charge >= 0.3 is 0 Å². The molecular weight excluding hydrogens is 380 g/mol. The Balaban J connectivity index is 1.88. The molecule has 0 spiro atoms. The number of hydrogen-bond donors (Lipinski definition) is 1. The lowest BCUT2D eigenvalue weighted by atomic mass is 10.3. The molecule has 0 aliphatic carbocycles. The maximum Gasteiger partial charge on any atom is 0.286 e. The number of nitrogens with zero attached hydrogens (tertiary/aromatic N) is 1. The minimum absolute atomic E-state index is 0.00666. The Labute approximate surface area is 160 Å². The highest BCUT2D eigenvalue weighted by atomic mass is 19.2. The van der Waals surface area contributed by atoms with Crippen molar-refractivity contribution in [2.45, 2.75) is 26.9 Å². The third kappa shape index (κ3) is 5.48. The Hall–Kier alpha value is -2.55. The third-order valence-electron chi connectivity index (χ3n) is 4.15. The first-order chi connectivity index (χ1) is 13.4. The Kier molecular flexibility index (Phi) is 7.86. The molecule has 0 aliphatic rings. The summed E-state index contributed by atoms with van der Waals surface area (Å²) in [6.45, 7) is 6.79. The molecule has 5 nitrogen and oxygen atoms in total. The number of rotatable bonds is 10. The van der Waals surface area contributed by atoms with Crippen LogP contribution < -0.4 is 10.1 Å². The van der Waals surface area contributed by atoms with E-state index in [1.807, 2.05) is 0 Å². The lowest BCUT2D eigenvalue weighted by Gasteiger charge is -2.17. The number of hydrogen-bond acceptors (Lipinski definition) is 4. The Morgan fingerprint density at radius 1 is 1.11 bits per heavy atom. The Morgan fingerprint density at radius 3 is 2.36 bits per heavy atom. The fourth-order valence-electron chi connectivity index (χ4n) is 2.53. The van der Waals surface area contributed by atoms with Crippen LogP contribution in [0.1, 0.15) is 36.6 Å². The predicted molar refractivity (Wildman–Crippen MR) is 94.1 cm³/mol. The molecule has 154 valence electrons. The summed E-state index contributed by atoms with van der Waals surface area (Å²) in [5, 5.41) is 2.70. The molecule has 0 radical (unpaired) electrons. The number of amides is 1. The van der Waals surface area contributed by atoms with Crippen LogP contribution in [0.4, 0.5) is 17.6 Å². The van der Waals surface area contributed by atoms with Crippen molar-refractivity contribution in [1.82, 2.24) is 10.2 Å². The summed E-state index contributed by atoms with van der Waals surface area (Å²) in [7, 11) is 0. The molecule has 0 atom stereocenters. The third-order valence-corrected chi connectivity index (χ3v) is 4.15. The Morgan fingerprint density at radius 2 is 1.75 bits per heavy atom. The fourth-order valence-corrected chi connectivity index (χ4v) is 2.53. The van der Waals surface area contributed by atoms with E-state index in [2.05, 4.69) is 24.1 Å². The van der Waals surface area contributed by atoms with E-state index in [0.717, 1.165) is 26.1 Å². The summed E-state index contributed by atoms with van der Waals surface area (Å²) in [6.07, 6.45) is 0.772. The molecule has 0 unspecified atom stereocenters. The Bertz CT molecular complexity index is 780. The smallest absolute Gasteiger partial charge is 0.286 e. The average Bonchev–Trinajstić information content (AvgIpc) is 3.15. The minimum atomic E-state index is -1.64. The SMILES string of the molecule is CCN(CC)CCCNC(=O)c1ccc(COc2c(F)c(F)cc(F)c2F)o1. The highest BCUT2D eigenvalue weighted by Crippen LogP contribution is 2.27. The van der Waals surface area contributed by atoms with Gasteiger partial charge in [-0.3, -0.25) is 4.79 Å². The number of benzene rings is 1. The van der Waals surface area contributed by atoms with Gasteiger partial charge in [0.05, 0.1) is 0 Å². The van der Waals surface area contributed by atoms with Crippen molar-refractivity contribution in [3.63, 3.8) is 0 Å². The first kappa shape index (κ1) is 21.7. The van der Waals surface area contributed by atoms with E-state index in [0.29, 0.717) is 6.54 Å². The fraction of sp³-hybridized carbons (Fsp3) is 0.421. The first-order valence-corrected chi connectivity index (χ1v) is 8.92. The summed E-state index contributed by atoms with van der Waals surface area (Å²) < 4.78 is 63.5. The van der Waals surface area contributed by atoms with Gasteiger partial charge in [0.2, 0.25) is 11.6 Å². The molecule has 0 fully saturated rings. The number of halogens is 4. The van der Waals surface area contributed by atoms with Gasteiger partial charge in [-0.05, 0) is 38.2 Å². The van der Waals surface area contributed by atoms with Gasteiger partial charge in [0.15, 0.2) is 23.1 Å².